The number of anilines is 1. The monoisotopic (exact) mass is 667 g/mol. The third-order valence-electron chi connectivity index (χ3n) is 10.6. The van der Waals surface area contributed by atoms with Gasteiger partial charge in [0.05, 0.1) is 31.1 Å². The summed E-state index contributed by atoms with van der Waals surface area (Å²) in [6, 6.07) is 9.40. The average molecular weight is 668 g/mol. The number of methoxy groups -OCH3 is 1. The summed E-state index contributed by atoms with van der Waals surface area (Å²) in [5.41, 5.74) is -3.11. The molecular weight excluding hydrogens is 628 g/mol. The van der Waals surface area contributed by atoms with Crippen LogP contribution in [0.25, 0.3) is 0 Å². The van der Waals surface area contributed by atoms with Crippen LogP contribution in [0.2, 0.25) is 0 Å². The highest BCUT2D eigenvalue weighted by Crippen LogP contribution is 2.49. The lowest BCUT2D eigenvalue weighted by Crippen LogP contribution is -2.50. The fraction of sp³-hybridized carbons (Fsp3) is 0.588. The maximum Gasteiger partial charge on any atom is 0.416 e. The molecule has 1 unspecified atom stereocenters. The van der Waals surface area contributed by atoms with Crippen LogP contribution in [0.3, 0.4) is 0 Å². The first-order valence-electron chi connectivity index (χ1n) is 16.1. The zero-order valence-electron chi connectivity index (χ0n) is 26.1. The van der Waals surface area contributed by atoms with Gasteiger partial charge in [0.15, 0.2) is 0 Å². The number of alkyl halides is 6. The van der Waals surface area contributed by atoms with Crippen LogP contribution in [0.15, 0.2) is 42.5 Å². The predicted octanol–water partition coefficient (Wildman–Crippen LogP) is 6.33. The lowest BCUT2D eigenvalue weighted by molar-refractivity contribution is -0.144. The maximum atomic E-state index is 17.3. The molecule has 13 heteroatoms. The Labute approximate surface area is 269 Å². The van der Waals surface area contributed by atoms with Gasteiger partial charge in [-0.15, -0.1) is 0 Å². The van der Waals surface area contributed by atoms with Gasteiger partial charge >= 0.3 is 12.1 Å². The van der Waals surface area contributed by atoms with E-state index in [1.807, 2.05) is 4.90 Å². The zero-order chi connectivity index (χ0) is 33.7. The minimum atomic E-state index is -4.74. The molecule has 3 heterocycles. The quantitative estimate of drug-likeness (QED) is 0.349. The second kappa shape index (κ2) is 12.5. The van der Waals surface area contributed by atoms with Gasteiger partial charge in [0.2, 0.25) is 5.67 Å². The highest BCUT2D eigenvalue weighted by Gasteiger charge is 2.60. The first-order valence-corrected chi connectivity index (χ1v) is 16.1. The summed E-state index contributed by atoms with van der Waals surface area (Å²) >= 11 is 0. The number of aliphatic carboxylic acids is 1. The first kappa shape index (κ1) is 33.4. The van der Waals surface area contributed by atoms with Crippen LogP contribution >= 0.6 is 0 Å². The van der Waals surface area contributed by atoms with E-state index in [1.54, 1.807) is 24.3 Å². The van der Waals surface area contributed by atoms with E-state index in [1.165, 1.54) is 12.0 Å². The van der Waals surface area contributed by atoms with Crippen molar-refractivity contribution in [3.63, 3.8) is 0 Å². The van der Waals surface area contributed by atoms with Crippen molar-refractivity contribution < 1.29 is 45.8 Å². The fourth-order valence-electron chi connectivity index (χ4n) is 8.00. The van der Waals surface area contributed by atoms with Crippen LogP contribution in [0.1, 0.15) is 67.1 Å². The molecular formula is C34H39F6N3O4. The summed E-state index contributed by atoms with van der Waals surface area (Å²) in [5, 5.41) is 9.38. The fourth-order valence-corrected chi connectivity index (χ4v) is 8.00. The van der Waals surface area contributed by atoms with E-state index in [9.17, 15) is 27.9 Å². The normalized spacial score (nSPS) is 27.5. The van der Waals surface area contributed by atoms with Crippen molar-refractivity contribution in [3.05, 3.63) is 59.2 Å². The van der Waals surface area contributed by atoms with Gasteiger partial charge in [-0.2, -0.15) is 13.2 Å². The molecule has 256 valence electrons. The van der Waals surface area contributed by atoms with Gasteiger partial charge in [-0.1, -0.05) is 31.0 Å². The van der Waals surface area contributed by atoms with Gasteiger partial charge < -0.3 is 19.6 Å². The Balaban J connectivity index is 1.31. The zero-order valence-corrected chi connectivity index (χ0v) is 26.1. The number of ether oxygens (including phenoxy) is 1. The molecule has 3 aliphatic heterocycles. The smallest absolute Gasteiger partial charge is 0.416 e. The molecule has 0 bridgehead atoms. The molecule has 1 saturated carbocycles. The molecule has 47 heavy (non-hydrogen) atoms. The SMILES string of the molecule is COc1ccc([C@@H]2CN(C3CCCC3)C[C@@]2(F)C(=O)N2CC(c3ccc(C(F)(F)F)cc3N3CCC(C(=O)O)CC3)C(F)(F)C2)cc1. The Morgan fingerprint density at radius 2 is 1.55 bits per heavy atom. The highest BCUT2D eigenvalue weighted by molar-refractivity contribution is 5.88. The molecule has 2 aromatic carbocycles. The number of piperidine rings is 1. The van der Waals surface area contributed by atoms with E-state index >= 15 is 13.2 Å². The van der Waals surface area contributed by atoms with Crippen LogP contribution in [-0.2, 0) is 15.8 Å². The van der Waals surface area contributed by atoms with E-state index in [2.05, 4.69) is 0 Å². The number of benzene rings is 2. The number of likely N-dealkylation sites (tertiary alicyclic amines) is 2. The van der Waals surface area contributed by atoms with Crippen molar-refractivity contribution in [2.75, 3.05) is 51.3 Å². The largest absolute Gasteiger partial charge is 0.497 e. The summed E-state index contributed by atoms with van der Waals surface area (Å²) in [6.45, 7) is -1.48. The van der Waals surface area contributed by atoms with E-state index in [4.69, 9.17) is 4.74 Å². The summed E-state index contributed by atoms with van der Waals surface area (Å²) in [7, 11) is 1.50. The van der Waals surface area contributed by atoms with E-state index in [0.29, 0.717) is 11.3 Å². The summed E-state index contributed by atoms with van der Waals surface area (Å²) in [4.78, 5) is 29.9. The van der Waals surface area contributed by atoms with Crippen LogP contribution in [-0.4, -0.2) is 90.8 Å². The molecule has 6 rings (SSSR count). The van der Waals surface area contributed by atoms with Crippen molar-refractivity contribution in [2.45, 2.75) is 74.2 Å². The molecule has 4 aliphatic rings. The van der Waals surface area contributed by atoms with Crippen molar-refractivity contribution in [3.8, 4) is 5.75 Å². The topological polar surface area (TPSA) is 73.3 Å². The van der Waals surface area contributed by atoms with Crippen molar-refractivity contribution in [1.82, 2.24) is 9.80 Å². The van der Waals surface area contributed by atoms with Crippen LogP contribution in [0, 0.1) is 5.92 Å². The number of carboxylic acids is 1. The van der Waals surface area contributed by atoms with Crippen molar-refractivity contribution in [1.29, 1.82) is 0 Å². The second-order valence-corrected chi connectivity index (χ2v) is 13.4. The van der Waals surface area contributed by atoms with E-state index < -0.39 is 66.1 Å². The molecule has 0 aromatic heterocycles. The number of carboxylic acid groups (broad SMARTS) is 1. The molecule has 0 spiro atoms. The van der Waals surface area contributed by atoms with Crippen molar-refractivity contribution >= 4 is 17.6 Å². The number of nitrogens with zero attached hydrogens (tertiary/aromatic N) is 3. The molecule has 7 nitrogen and oxygen atoms in total. The van der Waals surface area contributed by atoms with E-state index in [0.717, 1.165) is 48.8 Å². The van der Waals surface area contributed by atoms with Crippen LogP contribution in [0.5, 0.6) is 5.75 Å². The van der Waals surface area contributed by atoms with Crippen molar-refractivity contribution in [2.24, 2.45) is 5.92 Å². The van der Waals surface area contributed by atoms with Gasteiger partial charge in [0.25, 0.3) is 11.8 Å². The number of rotatable bonds is 7. The third-order valence-corrected chi connectivity index (χ3v) is 10.6. The van der Waals surface area contributed by atoms with Gasteiger partial charge in [0, 0.05) is 50.4 Å². The molecule has 0 radical (unpaired) electrons. The van der Waals surface area contributed by atoms with Gasteiger partial charge in [-0.3, -0.25) is 14.5 Å². The third kappa shape index (κ3) is 6.39. The van der Waals surface area contributed by atoms with Gasteiger partial charge in [-0.05, 0) is 61.1 Å². The molecule has 4 fully saturated rings. The molecule has 3 atom stereocenters. The summed E-state index contributed by atoms with van der Waals surface area (Å²) < 4.78 is 95.7. The van der Waals surface area contributed by atoms with E-state index in [-0.39, 0.29) is 56.3 Å². The first-order chi connectivity index (χ1) is 22.2. The number of amides is 1. The molecule has 3 saturated heterocycles. The minimum absolute atomic E-state index is 0.0676. The maximum absolute atomic E-state index is 17.3. The molecule has 1 amide bonds. The van der Waals surface area contributed by atoms with Gasteiger partial charge in [-0.25, -0.2) is 13.2 Å². The van der Waals surface area contributed by atoms with Crippen LogP contribution < -0.4 is 9.64 Å². The lowest BCUT2D eigenvalue weighted by atomic mass is 9.85. The summed E-state index contributed by atoms with van der Waals surface area (Å²) in [6.07, 6.45) is -0.738. The Morgan fingerprint density at radius 3 is 2.15 bits per heavy atom. The Hall–Kier alpha value is -3.48. The van der Waals surface area contributed by atoms with Gasteiger partial charge in [0.1, 0.15) is 5.75 Å². The molecule has 1 N–H and O–H groups in total. The van der Waals surface area contributed by atoms with Crippen LogP contribution in [0.4, 0.5) is 32.0 Å². The average Bonchev–Trinajstić information content (AvgIpc) is 3.78. The lowest BCUT2D eigenvalue weighted by Gasteiger charge is -2.35. The number of carbonyl (C=O) groups excluding carboxylic acids is 1. The number of carbonyl (C=O) groups is 2. The Kier molecular flexibility index (Phi) is 8.90. The predicted molar refractivity (Wildman–Crippen MR) is 162 cm³/mol. The Morgan fingerprint density at radius 1 is 0.894 bits per heavy atom. The number of halogens is 6. The molecule has 1 aliphatic carbocycles. The highest BCUT2D eigenvalue weighted by atomic mass is 19.4. The standard InChI is InChI=1S/C34H39F6N3O4/c1-47-25-9-6-21(7-10-25)27-17-42(24-4-2-3-5-24)19-32(27,35)31(46)43-18-28(33(36,37)20-43)26-11-8-23(34(38,39)40)16-29(26)41-14-12-22(13-15-41)30(44)45/h6-11,16,22,24,27-28H,2-5,12-15,17-20H2,1H3,(H,44,45)/t27-,28?,32-/m0/s1. The summed E-state index contributed by atoms with van der Waals surface area (Å²) in [5.74, 6) is -8.34. The number of hydrogen-bond donors (Lipinski definition) is 1. The molecule has 2 aromatic rings. The second-order valence-electron chi connectivity index (χ2n) is 13.4. The minimum Gasteiger partial charge on any atom is -0.497 e. The number of hydrogen-bond acceptors (Lipinski definition) is 5. The Bertz CT molecular complexity index is 1470.